The molecule has 0 aromatic heterocycles. The first-order valence-electron chi connectivity index (χ1n) is 11.7. The minimum atomic E-state index is -3.51. The van der Waals surface area contributed by atoms with Crippen LogP contribution in [0, 0.1) is 5.82 Å². The number of piperazine rings is 1. The Kier molecular flexibility index (Phi) is 7.10. The molecule has 8 nitrogen and oxygen atoms in total. The third-order valence-corrected chi connectivity index (χ3v) is 9.48. The maximum Gasteiger partial charge on any atom is 0.256 e. The van der Waals surface area contributed by atoms with Crippen molar-refractivity contribution in [3.63, 3.8) is 0 Å². The van der Waals surface area contributed by atoms with E-state index in [1.165, 1.54) is 18.2 Å². The lowest BCUT2D eigenvalue weighted by Gasteiger charge is -2.37. The number of rotatable bonds is 6. The average Bonchev–Trinajstić information content (AvgIpc) is 3.37. The molecule has 190 valence electrons. The van der Waals surface area contributed by atoms with Crippen LogP contribution in [0.25, 0.3) is 0 Å². The quantitative estimate of drug-likeness (QED) is 0.574. The molecular formula is C24H30FN3O5S2. The van der Waals surface area contributed by atoms with Crippen molar-refractivity contribution < 1.29 is 26.0 Å². The van der Waals surface area contributed by atoms with E-state index >= 15 is 0 Å². The maximum absolute atomic E-state index is 14.7. The molecule has 0 unspecified atom stereocenters. The van der Waals surface area contributed by atoms with Gasteiger partial charge in [-0.1, -0.05) is 6.92 Å². The first kappa shape index (κ1) is 25.4. The highest BCUT2D eigenvalue weighted by molar-refractivity contribution is 7.91. The Morgan fingerprint density at radius 1 is 0.829 bits per heavy atom. The number of hydrogen-bond acceptors (Lipinski definition) is 7. The van der Waals surface area contributed by atoms with E-state index in [0.29, 0.717) is 37.4 Å². The number of nitrogens with zero attached hydrogens (tertiary/aromatic N) is 3. The van der Waals surface area contributed by atoms with E-state index in [9.17, 15) is 26.0 Å². The van der Waals surface area contributed by atoms with E-state index < -0.39 is 25.5 Å². The van der Waals surface area contributed by atoms with Gasteiger partial charge in [-0.25, -0.2) is 21.2 Å². The number of carbonyl (C=O) groups excluding carboxylic acids is 1. The number of benzene rings is 2. The van der Waals surface area contributed by atoms with Crippen LogP contribution in [-0.2, 0) is 19.7 Å². The van der Waals surface area contributed by atoms with Gasteiger partial charge < -0.3 is 14.7 Å². The van der Waals surface area contributed by atoms with Crippen molar-refractivity contribution in [1.82, 2.24) is 4.90 Å². The summed E-state index contributed by atoms with van der Waals surface area (Å²) < 4.78 is 63.0. The van der Waals surface area contributed by atoms with Crippen LogP contribution < -0.4 is 9.80 Å². The number of carbonyl (C=O) groups is 1. The van der Waals surface area contributed by atoms with Crippen molar-refractivity contribution >= 4 is 37.0 Å². The SMILES string of the molecule is CCS(=O)(=O)c1ccc(N2CCCC2)c(C(=O)N2CCN(c3ccc(S(C)(=O)=O)cc3F)CC2)c1. The maximum atomic E-state index is 14.7. The highest BCUT2D eigenvalue weighted by atomic mass is 32.2. The second kappa shape index (κ2) is 9.77. The molecule has 2 aromatic carbocycles. The molecule has 0 N–H and O–H groups in total. The molecule has 0 aliphatic carbocycles. The molecule has 2 saturated heterocycles. The smallest absolute Gasteiger partial charge is 0.256 e. The van der Waals surface area contributed by atoms with Crippen LogP contribution in [0.15, 0.2) is 46.2 Å². The minimum Gasteiger partial charge on any atom is -0.371 e. The summed E-state index contributed by atoms with van der Waals surface area (Å²) >= 11 is 0. The number of amides is 1. The summed E-state index contributed by atoms with van der Waals surface area (Å²) in [5.41, 5.74) is 1.41. The summed E-state index contributed by atoms with van der Waals surface area (Å²) in [5.74, 6) is -0.916. The monoisotopic (exact) mass is 523 g/mol. The van der Waals surface area contributed by atoms with E-state index in [1.54, 1.807) is 28.9 Å². The zero-order valence-electron chi connectivity index (χ0n) is 19.9. The molecule has 2 heterocycles. The molecule has 1 amide bonds. The second-order valence-electron chi connectivity index (χ2n) is 8.94. The highest BCUT2D eigenvalue weighted by Crippen LogP contribution is 2.30. The Labute approximate surface area is 206 Å². The van der Waals surface area contributed by atoms with Crippen molar-refractivity contribution in [3.05, 3.63) is 47.8 Å². The Balaban J connectivity index is 1.55. The molecule has 2 aliphatic rings. The van der Waals surface area contributed by atoms with Crippen molar-refractivity contribution in [2.24, 2.45) is 0 Å². The fourth-order valence-electron chi connectivity index (χ4n) is 4.58. The van der Waals surface area contributed by atoms with Crippen LogP contribution in [0.3, 0.4) is 0 Å². The summed E-state index contributed by atoms with van der Waals surface area (Å²) in [6.45, 7) is 4.60. The van der Waals surface area contributed by atoms with Gasteiger partial charge in [0.15, 0.2) is 19.7 Å². The molecule has 0 bridgehead atoms. The Morgan fingerprint density at radius 3 is 1.97 bits per heavy atom. The van der Waals surface area contributed by atoms with Crippen molar-refractivity contribution in [2.75, 3.05) is 61.1 Å². The van der Waals surface area contributed by atoms with Gasteiger partial charge in [-0.2, -0.15) is 0 Å². The number of sulfone groups is 2. The van der Waals surface area contributed by atoms with E-state index in [4.69, 9.17) is 0 Å². The molecule has 4 rings (SSSR count). The topological polar surface area (TPSA) is 95.1 Å². The van der Waals surface area contributed by atoms with Crippen molar-refractivity contribution in [3.8, 4) is 0 Å². The van der Waals surface area contributed by atoms with E-state index in [-0.39, 0.29) is 21.5 Å². The zero-order chi connectivity index (χ0) is 25.4. The standard InChI is InChI=1S/C24H30FN3O5S2/c1-3-35(32,33)19-7-8-22(26-10-4-5-11-26)20(16-19)24(29)28-14-12-27(13-15-28)23-9-6-18(17-21(23)25)34(2,30)31/h6-9,16-17H,3-5,10-15H2,1-2H3. The molecule has 2 aliphatic heterocycles. The Morgan fingerprint density at radius 2 is 1.40 bits per heavy atom. The van der Waals surface area contributed by atoms with Crippen molar-refractivity contribution in [1.29, 1.82) is 0 Å². The van der Waals surface area contributed by atoms with Crippen LogP contribution in [0.4, 0.5) is 15.8 Å². The molecule has 0 atom stereocenters. The lowest BCUT2D eigenvalue weighted by Crippen LogP contribution is -2.49. The molecule has 2 aromatic rings. The van der Waals surface area contributed by atoms with Crippen LogP contribution in [0.5, 0.6) is 0 Å². The summed E-state index contributed by atoms with van der Waals surface area (Å²) in [6.07, 6.45) is 3.07. The molecular weight excluding hydrogens is 493 g/mol. The predicted molar refractivity (Wildman–Crippen MR) is 133 cm³/mol. The molecule has 2 fully saturated rings. The zero-order valence-corrected chi connectivity index (χ0v) is 21.5. The first-order chi connectivity index (χ1) is 16.5. The van der Waals surface area contributed by atoms with Crippen LogP contribution in [0.1, 0.15) is 30.1 Å². The van der Waals surface area contributed by atoms with Crippen LogP contribution in [0.2, 0.25) is 0 Å². The number of halogens is 1. The van der Waals surface area contributed by atoms with E-state index in [2.05, 4.69) is 4.90 Å². The molecule has 0 spiro atoms. The fraction of sp³-hybridized carbons (Fsp3) is 0.458. The third-order valence-electron chi connectivity index (χ3n) is 6.64. The summed E-state index contributed by atoms with van der Waals surface area (Å²) in [5, 5.41) is 0. The van der Waals surface area contributed by atoms with Gasteiger partial charge in [0.2, 0.25) is 0 Å². The molecule has 0 radical (unpaired) electrons. The van der Waals surface area contributed by atoms with Gasteiger partial charge in [0.25, 0.3) is 5.91 Å². The van der Waals surface area contributed by atoms with E-state index in [1.807, 2.05) is 0 Å². The molecule has 0 saturated carbocycles. The number of hydrogen-bond donors (Lipinski definition) is 0. The van der Waals surface area contributed by atoms with Crippen molar-refractivity contribution in [2.45, 2.75) is 29.6 Å². The van der Waals surface area contributed by atoms with Gasteiger partial charge in [0.05, 0.1) is 26.8 Å². The normalized spacial score (nSPS) is 17.2. The van der Waals surface area contributed by atoms with Gasteiger partial charge in [-0.15, -0.1) is 0 Å². The lowest BCUT2D eigenvalue weighted by molar-refractivity contribution is 0.0747. The van der Waals surface area contributed by atoms with Gasteiger partial charge in [-0.05, 0) is 49.2 Å². The van der Waals surface area contributed by atoms with Gasteiger partial charge in [0.1, 0.15) is 5.82 Å². The number of anilines is 2. The van der Waals surface area contributed by atoms with Crippen LogP contribution in [-0.4, -0.2) is 78.9 Å². The average molecular weight is 524 g/mol. The summed E-state index contributed by atoms with van der Waals surface area (Å²) in [6, 6.07) is 8.65. The minimum absolute atomic E-state index is 0.0496. The van der Waals surface area contributed by atoms with E-state index in [0.717, 1.165) is 43.9 Å². The van der Waals surface area contributed by atoms with Crippen LogP contribution >= 0.6 is 0 Å². The highest BCUT2D eigenvalue weighted by Gasteiger charge is 2.29. The lowest BCUT2D eigenvalue weighted by atomic mass is 10.1. The largest absolute Gasteiger partial charge is 0.371 e. The second-order valence-corrected chi connectivity index (χ2v) is 13.2. The Hall–Kier alpha value is -2.66. The summed E-state index contributed by atoms with van der Waals surface area (Å²) in [4.78, 5) is 19.2. The van der Waals surface area contributed by atoms with Gasteiger partial charge in [0, 0.05) is 51.2 Å². The first-order valence-corrected chi connectivity index (χ1v) is 15.2. The molecule has 11 heteroatoms. The fourth-order valence-corrected chi connectivity index (χ4v) is 6.11. The van der Waals surface area contributed by atoms with Gasteiger partial charge >= 0.3 is 0 Å². The molecule has 35 heavy (non-hydrogen) atoms. The third kappa shape index (κ3) is 5.30. The predicted octanol–water partition coefficient (Wildman–Crippen LogP) is 2.59. The Bertz CT molecular complexity index is 1330. The summed E-state index contributed by atoms with van der Waals surface area (Å²) in [7, 11) is -6.98. The van der Waals surface area contributed by atoms with Gasteiger partial charge in [-0.3, -0.25) is 4.79 Å².